The Morgan fingerprint density at radius 3 is 2.50 bits per heavy atom. The van der Waals surface area contributed by atoms with Crippen molar-refractivity contribution < 1.29 is 0 Å². The zero-order valence-corrected chi connectivity index (χ0v) is 9.76. The molecule has 0 saturated heterocycles. The van der Waals surface area contributed by atoms with Gasteiger partial charge >= 0.3 is 0 Å². The highest BCUT2D eigenvalue weighted by molar-refractivity contribution is 4.85. The molecule has 2 fully saturated rings. The summed E-state index contributed by atoms with van der Waals surface area (Å²) in [7, 11) is 0. The Labute approximate surface area is 88.7 Å². The van der Waals surface area contributed by atoms with E-state index in [2.05, 4.69) is 19.2 Å². The molecule has 0 bridgehead atoms. The van der Waals surface area contributed by atoms with Gasteiger partial charge in [0.25, 0.3) is 0 Å². The summed E-state index contributed by atoms with van der Waals surface area (Å²) >= 11 is 0. The van der Waals surface area contributed by atoms with Crippen molar-refractivity contribution >= 4 is 0 Å². The first kappa shape index (κ1) is 10.5. The van der Waals surface area contributed by atoms with E-state index in [4.69, 9.17) is 0 Å². The number of hydrogen-bond acceptors (Lipinski definition) is 1. The summed E-state index contributed by atoms with van der Waals surface area (Å²) in [5.74, 6) is 2.04. The van der Waals surface area contributed by atoms with Crippen molar-refractivity contribution in [2.75, 3.05) is 0 Å². The van der Waals surface area contributed by atoms with Gasteiger partial charge in [0.15, 0.2) is 0 Å². The lowest BCUT2D eigenvalue weighted by Gasteiger charge is -2.21. The molecule has 0 amide bonds. The van der Waals surface area contributed by atoms with Crippen LogP contribution in [0.3, 0.4) is 0 Å². The van der Waals surface area contributed by atoms with E-state index in [0.29, 0.717) is 0 Å². The molecule has 0 aromatic heterocycles. The van der Waals surface area contributed by atoms with Gasteiger partial charge in [0.1, 0.15) is 0 Å². The van der Waals surface area contributed by atoms with Crippen molar-refractivity contribution in [3.63, 3.8) is 0 Å². The minimum absolute atomic E-state index is 0.817. The Morgan fingerprint density at radius 1 is 1.21 bits per heavy atom. The van der Waals surface area contributed by atoms with E-state index in [1.807, 2.05) is 0 Å². The molecule has 2 aliphatic carbocycles. The topological polar surface area (TPSA) is 12.0 Å². The zero-order chi connectivity index (χ0) is 9.97. The van der Waals surface area contributed by atoms with Gasteiger partial charge in [0, 0.05) is 12.1 Å². The van der Waals surface area contributed by atoms with Gasteiger partial charge in [0.05, 0.1) is 0 Å². The van der Waals surface area contributed by atoms with Crippen LogP contribution in [-0.4, -0.2) is 12.1 Å². The standard InChI is InChI=1S/C13H25N/c1-3-12(9-11-5-6-11)14-13-7-4-10(2)8-13/h10-14H,3-9H2,1-2H3. The van der Waals surface area contributed by atoms with Crippen molar-refractivity contribution in [3.05, 3.63) is 0 Å². The third-order valence-corrected chi connectivity index (χ3v) is 3.97. The van der Waals surface area contributed by atoms with Crippen LogP contribution in [0.25, 0.3) is 0 Å². The molecule has 1 heteroatoms. The fourth-order valence-electron chi connectivity index (χ4n) is 2.80. The van der Waals surface area contributed by atoms with Crippen molar-refractivity contribution in [2.45, 2.75) is 70.9 Å². The van der Waals surface area contributed by atoms with Gasteiger partial charge in [-0.25, -0.2) is 0 Å². The Morgan fingerprint density at radius 2 is 2.00 bits per heavy atom. The van der Waals surface area contributed by atoms with Gasteiger partial charge in [-0.15, -0.1) is 0 Å². The molecule has 3 unspecified atom stereocenters. The fraction of sp³-hybridized carbons (Fsp3) is 1.00. The first-order valence-electron chi connectivity index (χ1n) is 6.54. The molecule has 1 N–H and O–H groups in total. The van der Waals surface area contributed by atoms with Crippen molar-refractivity contribution in [1.82, 2.24) is 5.32 Å². The van der Waals surface area contributed by atoms with E-state index in [9.17, 15) is 0 Å². The molecule has 1 nitrogen and oxygen atoms in total. The number of rotatable bonds is 5. The van der Waals surface area contributed by atoms with Crippen LogP contribution in [0.1, 0.15) is 58.8 Å². The normalized spacial score (nSPS) is 34.7. The second-order valence-electron chi connectivity index (χ2n) is 5.57. The molecule has 82 valence electrons. The largest absolute Gasteiger partial charge is 0.311 e. The average molecular weight is 195 g/mol. The van der Waals surface area contributed by atoms with E-state index in [1.54, 1.807) is 0 Å². The molecule has 0 aliphatic heterocycles. The third-order valence-electron chi connectivity index (χ3n) is 3.97. The molecular weight excluding hydrogens is 170 g/mol. The maximum atomic E-state index is 3.87. The van der Waals surface area contributed by atoms with E-state index < -0.39 is 0 Å². The van der Waals surface area contributed by atoms with Gasteiger partial charge < -0.3 is 5.32 Å². The molecule has 14 heavy (non-hydrogen) atoms. The summed E-state index contributed by atoms with van der Waals surface area (Å²) in [4.78, 5) is 0. The smallest absolute Gasteiger partial charge is 0.00722 e. The molecule has 2 aliphatic rings. The van der Waals surface area contributed by atoms with Crippen molar-refractivity contribution in [3.8, 4) is 0 Å². The van der Waals surface area contributed by atoms with Crippen LogP contribution in [0.15, 0.2) is 0 Å². The van der Waals surface area contributed by atoms with Gasteiger partial charge in [-0.1, -0.05) is 26.7 Å². The van der Waals surface area contributed by atoms with E-state index in [1.165, 1.54) is 44.9 Å². The minimum atomic E-state index is 0.817. The molecular formula is C13H25N. The van der Waals surface area contributed by atoms with E-state index in [-0.39, 0.29) is 0 Å². The molecule has 2 saturated carbocycles. The van der Waals surface area contributed by atoms with Crippen LogP contribution in [0, 0.1) is 11.8 Å². The van der Waals surface area contributed by atoms with Crippen LogP contribution in [0.5, 0.6) is 0 Å². The Kier molecular flexibility index (Phi) is 3.48. The van der Waals surface area contributed by atoms with Crippen LogP contribution in [0.2, 0.25) is 0 Å². The Hall–Kier alpha value is -0.0400. The lowest BCUT2D eigenvalue weighted by Crippen LogP contribution is -2.36. The van der Waals surface area contributed by atoms with E-state index in [0.717, 1.165) is 23.9 Å². The number of nitrogens with one attached hydrogen (secondary N) is 1. The highest BCUT2D eigenvalue weighted by atomic mass is 15.0. The van der Waals surface area contributed by atoms with Crippen LogP contribution in [-0.2, 0) is 0 Å². The quantitative estimate of drug-likeness (QED) is 0.709. The van der Waals surface area contributed by atoms with Gasteiger partial charge in [0.2, 0.25) is 0 Å². The maximum Gasteiger partial charge on any atom is 0.00722 e. The average Bonchev–Trinajstić information content (AvgIpc) is 2.89. The summed E-state index contributed by atoms with van der Waals surface area (Å²) in [6.45, 7) is 4.72. The lowest BCUT2D eigenvalue weighted by atomic mass is 10.1. The minimum Gasteiger partial charge on any atom is -0.311 e. The summed E-state index contributed by atoms with van der Waals surface area (Å²) in [6.07, 6.45) is 10.0. The van der Waals surface area contributed by atoms with Crippen LogP contribution < -0.4 is 5.32 Å². The Balaban J connectivity index is 1.70. The fourth-order valence-corrected chi connectivity index (χ4v) is 2.80. The SMILES string of the molecule is CCC(CC1CC1)NC1CCC(C)C1. The molecule has 0 radical (unpaired) electrons. The van der Waals surface area contributed by atoms with Crippen LogP contribution in [0.4, 0.5) is 0 Å². The predicted octanol–water partition coefficient (Wildman–Crippen LogP) is 3.34. The summed E-state index contributed by atoms with van der Waals surface area (Å²) in [5.41, 5.74) is 0. The molecule has 2 rings (SSSR count). The zero-order valence-electron chi connectivity index (χ0n) is 9.76. The summed E-state index contributed by atoms with van der Waals surface area (Å²) < 4.78 is 0. The molecule has 0 aromatic carbocycles. The second-order valence-corrected chi connectivity index (χ2v) is 5.57. The molecule has 3 atom stereocenters. The Bertz CT molecular complexity index is 174. The maximum absolute atomic E-state index is 3.87. The monoisotopic (exact) mass is 195 g/mol. The lowest BCUT2D eigenvalue weighted by molar-refractivity contribution is 0.382. The molecule has 0 spiro atoms. The third kappa shape index (κ3) is 2.98. The first-order chi connectivity index (χ1) is 6.78. The van der Waals surface area contributed by atoms with Crippen LogP contribution >= 0.6 is 0 Å². The molecule has 0 aromatic rings. The highest BCUT2D eigenvalue weighted by Gasteiger charge is 2.27. The molecule has 0 heterocycles. The van der Waals surface area contributed by atoms with E-state index >= 15 is 0 Å². The number of hydrogen-bond donors (Lipinski definition) is 1. The first-order valence-corrected chi connectivity index (χ1v) is 6.54. The summed E-state index contributed by atoms with van der Waals surface area (Å²) in [5, 5.41) is 3.87. The second kappa shape index (κ2) is 4.65. The van der Waals surface area contributed by atoms with Crippen molar-refractivity contribution in [1.29, 1.82) is 0 Å². The van der Waals surface area contributed by atoms with Gasteiger partial charge in [-0.3, -0.25) is 0 Å². The van der Waals surface area contributed by atoms with Gasteiger partial charge in [-0.05, 0) is 43.9 Å². The predicted molar refractivity (Wildman–Crippen MR) is 61.4 cm³/mol. The van der Waals surface area contributed by atoms with Crippen molar-refractivity contribution in [2.24, 2.45) is 11.8 Å². The van der Waals surface area contributed by atoms with Gasteiger partial charge in [-0.2, -0.15) is 0 Å². The summed E-state index contributed by atoms with van der Waals surface area (Å²) in [6, 6.07) is 1.66. The highest BCUT2D eigenvalue weighted by Crippen LogP contribution is 2.34.